The van der Waals surface area contributed by atoms with Crippen LogP contribution in [0.5, 0.6) is 0 Å². The van der Waals surface area contributed by atoms with Crippen molar-refractivity contribution in [1.82, 2.24) is 4.98 Å². The number of thiazole rings is 1. The molecular weight excluding hydrogens is 266 g/mol. The van der Waals surface area contributed by atoms with Gasteiger partial charge in [-0.2, -0.15) is 0 Å². The maximum Gasteiger partial charge on any atom is 0.185 e. The van der Waals surface area contributed by atoms with Crippen molar-refractivity contribution in [2.75, 3.05) is 18.0 Å². The lowest BCUT2D eigenvalue weighted by Gasteiger charge is -2.19. The molecule has 2 heterocycles. The quantitative estimate of drug-likeness (QED) is 0.888. The third kappa shape index (κ3) is 3.73. The molecule has 0 spiro atoms. The van der Waals surface area contributed by atoms with E-state index in [1.54, 1.807) is 0 Å². The molecule has 1 aromatic rings. The summed E-state index contributed by atoms with van der Waals surface area (Å²) in [6, 6.07) is 0. The molecule has 1 fully saturated rings. The van der Waals surface area contributed by atoms with Gasteiger partial charge in [0.2, 0.25) is 0 Å². The van der Waals surface area contributed by atoms with Crippen LogP contribution in [0.4, 0.5) is 5.13 Å². The number of nitrogens with two attached hydrogens (primary N) is 1. The van der Waals surface area contributed by atoms with Crippen molar-refractivity contribution in [3.05, 3.63) is 10.6 Å². The van der Waals surface area contributed by atoms with E-state index in [-0.39, 0.29) is 0 Å². The van der Waals surface area contributed by atoms with Crippen LogP contribution in [0.1, 0.15) is 69.4 Å². The molecule has 0 bridgehead atoms. The minimum absolute atomic E-state index is 0.471. The molecule has 1 aliphatic heterocycles. The van der Waals surface area contributed by atoms with Crippen LogP contribution in [-0.4, -0.2) is 18.1 Å². The molecule has 114 valence electrons. The van der Waals surface area contributed by atoms with Gasteiger partial charge in [-0.3, -0.25) is 0 Å². The van der Waals surface area contributed by atoms with Gasteiger partial charge >= 0.3 is 0 Å². The first-order valence-electron chi connectivity index (χ1n) is 8.10. The molecule has 20 heavy (non-hydrogen) atoms. The number of hydrogen-bond acceptors (Lipinski definition) is 4. The lowest BCUT2D eigenvalue weighted by molar-refractivity contribution is 0.435. The van der Waals surface area contributed by atoms with E-state index in [1.165, 1.54) is 54.4 Å². The Hall–Kier alpha value is -0.610. The Morgan fingerprint density at radius 3 is 2.75 bits per heavy atom. The molecular formula is C16H29N3S. The largest absolute Gasteiger partial charge is 0.348 e. The van der Waals surface area contributed by atoms with Crippen molar-refractivity contribution in [3.63, 3.8) is 0 Å². The van der Waals surface area contributed by atoms with Crippen LogP contribution in [-0.2, 0) is 6.54 Å². The zero-order chi connectivity index (χ0) is 14.5. The predicted molar refractivity (Wildman–Crippen MR) is 88.6 cm³/mol. The highest BCUT2D eigenvalue weighted by atomic mass is 32.1. The van der Waals surface area contributed by atoms with E-state index >= 15 is 0 Å². The van der Waals surface area contributed by atoms with E-state index in [0.717, 1.165) is 12.5 Å². The Labute approximate surface area is 127 Å². The monoisotopic (exact) mass is 295 g/mol. The first-order valence-corrected chi connectivity index (χ1v) is 8.92. The molecule has 1 aromatic heterocycles. The normalized spacial score (nSPS) is 20.4. The number of hydrogen-bond donors (Lipinski definition) is 1. The van der Waals surface area contributed by atoms with Gasteiger partial charge < -0.3 is 10.6 Å². The van der Waals surface area contributed by atoms with Crippen molar-refractivity contribution in [2.24, 2.45) is 11.7 Å². The molecule has 0 amide bonds. The van der Waals surface area contributed by atoms with E-state index < -0.39 is 0 Å². The number of anilines is 1. The minimum Gasteiger partial charge on any atom is -0.348 e. The zero-order valence-electron chi connectivity index (χ0n) is 13.2. The van der Waals surface area contributed by atoms with Crippen LogP contribution in [0.2, 0.25) is 0 Å². The number of rotatable bonds is 5. The molecule has 1 saturated heterocycles. The van der Waals surface area contributed by atoms with Gasteiger partial charge in [-0.15, -0.1) is 11.3 Å². The summed E-state index contributed by atoms with van der Waals surface area (Å²) in [6.07, 6.45) is 6.71. The fourth-order valence-electron chi connectivity index (χ4n) is 3.14. The number of nitrogens with zero attached hydrogens (tertiary/aromatic N) is 2. The summed E-state index contributed by atoms with van der Waals surface area (Å²) in [4.78, 5) is 8.64. The van der Waals surface area contributed by atoms with Gasteiger partial charge in [0, 0.05) is 24.5 Å². The summed E-state index contributed by atoms with van der Waals surface area (Å²) in [7, 11) is 0. The van der Waals surface area contributed by atoms with Gasteiger partial charge in [0.05, 0.1) is 5.69 Å². The van der Waals surface area contributed by atoms with E-state index in [4.69, 9.17) is 10.7 Å². The maximum atomic E-state index is 5.88. The third-order valence-electron chi connectivity index (χ3n) is 4.26. The predicted octanol–water partition coefficient (Wildman–Crippen LogP) is 4.13. The molecule has 3 nitrogen and oxygen atoms in total. The highest BCUT2D eigenvalue weighted by molar-refractivity contribution is 7.15. The Kier molecular flexibility index (Phi) is 5.85. The van der Waals surface area contributed by atoms with Crippen molar-refractivity contribution >= 4 is 16.5 Å². The smallest absolute Gasteiger partial charge is 0.185 e. The van der Waals surface area contributed by atoms with Gasteiger partial charge in [-0.1, -0.05) is 33.6 Å². The topological polar surface area (TPSA) is 42.2 Å². The summed E-state index contributed by atoms with van der Waals surface area (Å²) >= 11 is 1.81. The van der Waals surface area contributed by atoms with E-state index in [0.29, 0.717) is 12.5 Å². The average Bonchev–Trinajstić information content (AvgIpc) is 2.73. The Morgan fingerprint density at radius 1 is 1.35 bits per heavy atom. The highest BCUT2D eigenvalue weighted by Gasteiger charge is 2.21. The molecule has 0 aliphatic carbocycles. The summed E-state index contributed by atoms with van der Waals surface area (Å²) < 4.78 is 0. The van der Waals surface area contributed by atoms with Crippen LogP contribution < -0.4 is 10.6 Å². The molecule has 1 unspecified atom stereocenters. The Morgan fingerprint density at radius 2 is 2.15 bits per heavy atom. The van der Waals surface area contributed by atoms with Gasteiger partial charge in [0.1, 0.15) is 0 Å². The maximum absolute atomic E-state index is 5.88. The molecule has 1 aliphatic rings. The molecule has 2 N–H and O–H groups in total. The first kappa shape index (κ1) is 15.8. The second kappa shape index (κ2) is 7.41. The van der Waals surface area contributed by atoms with Gasteiger partial charge in [-0.25, -0.2) is 4.98 Å². The van der Waals surface area contributed by atoms with Crippen molar-refractivity contribution < 1.29 is 0 Å². The fourth-order valence-corrected chi connectivity index (χ4v) is 4.28. The highest BCUT2D eigenvalue weighted by Crippen LogP contribution is 2.32. The van der Waals surface area contributed by atoms with E-state index in [9.17, 15) is 0 Å². The van der Waals surface area contributed by atoms with Crippen LogP contribution in [0.3, 0.4) is 0 Å². The standard InChI is InChI=1S/C16H29N3S/c1-4-6-13-7-5-9-19(10-8-13)16-18-15(12(2)3)14(11-17)20-16/h12-13H,4-11,17H2,1-3H3. The third-order valence-corrected chi connectivity index (χ3v) is 5.42. The summed E-state index contributed by atoms with van der Waals surface area (Å²) in [5, 5.41) is 1.20. The molecule has 0 aromatic carbocycles. The Bertz CT molecular complexity index is 414. The second-order valence-electron chi connectivity index (χ2n) is 6.24. The number of aromatic nitrogens is 1. The van der Waals surface area contributed by atoms with Gasteiger partial charge in [0.15, 0.2) is 5.13 Å². The average molecular weight is 295 g/mol. The molecule has 4 heteroatoms. The SMILES string of the molecule is CCCC1CCCN(c2nc(C(C)C)c(CN)s2)CC1. The lowest BCUT2D eigenvalue weighted by Crippen LogP contribution is -2.24. The van der Waals surface area contributed by atoms with Crippen LogP contribution in [0.25, 0.3) is 0 Å². The van der Waals surface area contributed by atoms with Crippen LogP contribution >= 0.6 is 11.3 Å². The van der Waals surface area contributed by atoms with Crippen molar-refractivity contribution in [2.45, 2.75) is 65.3 Å². The van der Waals surface area contributed by atoms with Crippen molar-refractivity contribution in [3.8, 4) is 0 Å². The summed E-state index contributed by atoms with van der Waals surface area (Å²) in [6.45, 7) is 9.66. The minimum atomic E-state index is 0.471. The summed E-state index contributed by atoms with van der Waals surface area (Å²) in [5.41, 5.74) is 7.09. The van der Waals surface area contributed by atoms with Crippen LogP contribution in [0.15, 0.2) is 0 Å². The molecule has 1 atom stereocenters. The lowest BCUT2D eigenvalue weighted by atomic mass is 9.96. The fraction of sp³-hybridized carbons (Fsp3) is 0.812. The Balaban J connectivity index is 2.07. The van der Waals surface area contributed by atoms with E-state index in [2.05, 4.69) is 25.7 Å². The van der Waals surface area contributed by atoms with Gasteiger partial charge in [-0.05, 0) is 31.1 Å². The van der Waals surface area contributed by atoms with E-state index in [1.807, 2.05) is 11.3 Å². The molecule has 2 rings (SSSR count). The second-order valence-corrected chi connectivity index (χ2v) is 7.30. The zero-order valence-corrected chi connectivity index (χ0v) is 14.0. The van der Waals surface area contributed by atoms with Crippen LogP contribution in [0, 0.1) is 5.92 Å². The molecule has 0 saturated carbocycles. The van der Waals surface area contributed by atoms with Crippen molar-refractivity contribution in [1.29, 1.82) is 0 Å². The van der Waals surface area contributed by atoms with Gasteiger partial charge in [0.25, 0.3) is 0 Å². The molecule has 0 radical (unpaired) electrons. The summed E-state index contributed by atoms with van der Waals surface area (Å²) in [5.74, 6) is 1.39. The first-order chi connectivity index (χ1) is 9.65.